The molecular formula is C72H182N6O8Si3. The molecule has 560 valence electrons. The maximum atomic E-state index is 13.5. The van der Waals surface area contributed by atoms with Crippen molar-refractivity contribution in [3.8, 4) is 0 Å². The molecule has 6 N–H and O–H groups in total. The van der Waals surface area contributed by atoms with Crippen LogP contribution >= 0.6 is 0 Å². The Bertz CT molecular complexity index is 1670. The molecule has 2 saturated carbocycles. The minimum Gasteiger partial charge on any atom is -0.466 e. The molecule has 2 aliphatic heterocycles. The highest BCUT2D eigenvalue weighted by Crippen LogP contribution is 2.51. The minimum atomic E-state index is -2.72. The van der Waals surface area contributed by atoms with Gasteiger partial charge in [-0.3, -0.25) is 9.59 Å². The van der Waals surface area contributed by atoms with E-state index in [0.717, 1.165) is 64.2 Å². The molecular weight excluding hydrogens is 1160 g/mol. The standard InChI is InChI=1S/C52H102N6O8Si3.20CH4/c1-45(2)23-37(25-51(13,31-45)33-53-43(61)55-39-27-47(5,6)57-48(7,8)28-39)21-41(59)63-35-67(15,16)65-69(19,20)66-68(17,18)36-64-42(60)22-38-24-46(3,4)32-52(14,26-38)34-54-44(62)56-40-29-49(9,10)58-50(11,12)30-40;;;;;;;;;;;;;;;;;;;;/h37-40,57-58H,21-36H2,1-20H3,(H2,53,55,61)(H2,54,56,62);20*1H4. The first-order valence-electron chi connectivity index (χ1n) is 26.3. The van der Waals surface area contributed by atoms with E-state index in [2.05, 4.69) is 155 Å². The number of amides is 4. The molecule has 0 bridgehead atoms. The van der Waals surface area contributed by atoms with E-state index in [-0.39, 0.29) is 253 Å². The van der Waals surface area contributed by atoms with Crippen molar-refractivity contribution < 1.29 is 36.9 Å². The molecule has 4 unspecified atom stereocenters. The predicted octanol–water partition coefficient (Wildman–Crippen LogP) is 22.7. The summed E-state index contributed by atoms with van der Waals surface area (Å²) in [4.78, 5) is 53.3. The summed E-state index contributed by atoms with van der Waals surface area (Å²) in [5, 5.41) is 20.3. The molecule has 17 heteroatoms. The molecule has 0 aromatic heterocycles. The first-order chi connectivity index (χ1) is 31.0. The smallest absolute Gasteiger partial charge is 0.315 e. The Balaban J connectivity index is -0.000000173. The third-order valence-corrected chi connectivity index (χ3v) is 24.6. The van der Waals surface area contributed by atoms with Crippen LogP contribution in [0.4, 0.5) is 9.59 Å². The van der Waals surface area contributed by atoms with E-state index < -0.39 is 25.2 Å². The van der Waals surface area contributed by atoms with Crippen LogP contribution in [-0.4, -0.2) is 109 Å². The zero-order valence-corrected chi connectivity index (χ0v) is 50.4. The lowest BCUT2D eigenvalue weighted by Gasteiger charge is -2.47. The van der Waals surface area contributed by atoms with Crippen LogP contribution in [0.25, 0.3) is 0 Å². The number of carbonyl (C=O) groups excluding carboxylic acids is 4. The average Bonchev–Trinajstić information content (AvgIpc) is 3.06. The molecule has 89 heavy (non-hydrogen) atoms. The summed E-state index contributed by atoms with van der Waals surface area (Å²) >= 11 is 0. The zero-order chi connectivity index (χ0) is 52.5. The monoisotopic (exact) mass is 1340 g/mol. The summed E-state index contributed by atoms with van der Waals surface area (Å²) < 4.78 is 25.5. The minimum absolute atomic E-state index is 0. The first kappa shape index (κ1) is 131. The second kappa shape index (κ2) is 47.8. The van der Waals surface area contributed by atoms with Crippen LogP contribution in [0.3, 0.4) is 0 Å². The van der Waals surface area contributed by atoms with Crippen LogP contribution in [0, 0.1) is 33.5 Å². The summed E-state index contributed by atoms with van der Waals surface area (Å²) in [5.74, 6) is -0.132. The van der Waals surface area contributed by atoms with Crippen molar-refractivity contribution >= 4 is 49.2 Å². The summed E-state index contributed by atoms with van der Waals surface area (Å²) in [6, 6.07) is -0.0612. The molecule has 4 amide bonds. The van der Waals surface area contributed by atoms with Gasteiger partial charge < -0.3 is 49.6 Å². The molecule has 4 rings (SSSR count). The number of ether oxygens (including phenoxy) is 2. The molecule has 4 aliphatic rings. The van der Waals surface area contributed by atoms with Crippen LogP contribution in [0.5, 0.6) is 0 Å². The van der Waals surface area contributed by atoms with Gasteiger partial charge >= 0.3 is 32.6 Å². The molecule has 4 fully saturated rings. The number of hydrogen-bond donors (Lipinski definition) is 6. The van der Waals surface area contributed by atoms with Gasteiger partial charge in [0.2, 0.25) is 16.6 Å². The van der Waals surface area contributed by atoms with Gasteiger partial charge in [0.1, 0.15) is 12.5 Å². The van der Waals surface area contributed by atoms with Gasteiger partial charge in [-0.2, -0.15) is 0 Å². The maximum absolute atomic E-state index is 13.5. The average molecular weight is 1340 g/mol. The highest BCUT2D eigenvalue weighted by atomic mass is 28.5. The normalized spacial score (nSPS) is 22.5. The van der Waals surface area contributed by atoms with Crippen LogP contribution < -0.4 is 31.9 Å². The molecule has 0 aromatic carbocycles. The maximum Gasteiger partial charge on any atom is 0.315 e. The van der Waals surface area contributed by atoms with Crippen LogP contribution in [0.2, 0.25) is 39.3 Å². The number of urea groups is 2. The van der Waals surface area contributed by atoms with Crippen LogP contribution in [-0.2, 0) is 27.3 Å². The quantitative estimate of drug-likeness (QED) is 0.0572. The Hall–Kier alpha value is -2.03. The van der Waals surface area contributed by atoms with E-state index in [1.54, 1.807) is 0 Å². The van der Waals surface area contributed by atoms with Gasteiger partial charge in [0, 0.05) is 60.2 Å². The number of rotatable bonds is 18. The van der Waals surface area contributed by atoms with Gasteiger partial charge in [-0.25, -0.2) is 9.59 Å². The van der Waals surface area contributed by atoms with Crippen molar-refractivity contribution in [1.29, 1.82) is 0 Å². The van der Waals surface area contributed by atoms with E-state index in [4.69, 9.17) is 17.7 Å². The SMILES string of the molecule is C.C.C.C.C.C.C.C.C.C.C.C.C.C.C.C.C.C.C.C.CC1(C)CC(CC(=O)OC[Si](C)(C)O[Si](C)(C)O[Si](C)(C)COC(=O)CC2CC(C)(C)CC(C)(CNC(=O)NC3CC(C)(C)NC(C)(C)C3)C2)CC(C)(CNC(=O)NC2CC(C)(C)NC(C)(C)C2)C1. The number of carbonyl (C=O) groups is 4. The van der Waals surface area contributed by atoms with Gasteiger partial charge in [-0.05, 0) is 192 Å². The summed E-state index contributed by atoms with van der Waals surface area (Å²) in [6.45, 7) is 44.4. The second-order valence-electron chi connectivity index (χ2n) is 29.4. The summed E-state index contributed by atoms with van der Waals surface area (Å²) in [6.07, 6.45) is 10.0. The topological polar surface area (TPSA) is 177 Å². The van der Waals surface area contributed by atoms with Gasteiger partial charge in [0.15, 0.2) is 0 Å². The number of esters is 2. The zero-order valence-electron chi connectivity index (χ0n) is 47.4. The molecule has 4 atom stereocenters. The fraction of sp³-hybridized carbons (Fsp3) is 0.944. The van der Waals surface area contributed by atoms with Crippen molar-refractivity contribution in [3.05, 3.63) is 0 Å². The fourth-order valence-electron chi connectivity index (χ4n) is 14.7. The fourth-order valence-corrected chi connectivity index (χ4v) is 27.4. The summed E-state index contributed by atoms with van der Waals surface area (Å²) in [5.41, 5.74) is -0.502. The van der Waals surface area contributed by atoms with E-state index in [1.807, 2.05) is 13.1 Å². The van der Waals surface area contributed by atoms with Crippen molar-refractivity contribution in [2.75, 3.05) is 25.5 Å². The number of piperidine rings is 2. The van der Waals surface area contributed by atoms with Gasteiger partial charge in [0.25, 0.3) is 0 Å². The molecule has 0 aromatic rings. The van der Waals surface area contributed by atoms with E-state index >= 15 is 0 Å². The van der Waals surface area contributed by atoms with Gasteiger partial charge in [0.05, 0.1) is 0 Å². The first-order valence-corrected chi connectivity index (χ1v) is 35.4. The highest BCUT2D eigenvalue weighted by Gasteiger charge is 2.46. The lowest BCUT2D eigenvalue weighted by molar-refractivity contribution is -0.145. The molecule has 2 aliphatic carbocycles. The van der Waals surface area contributed by atoms with Crippen molar-refractivity contribution in [2.45, 2.75) is 396 Å². The number of nitrogens with one attached hydrogen (secondary N) is 6. The van der Waals surface area contributed by atoms with Crippen LogP contribution in [0.15, 0.2) is 0 Å². The molecule has 0 spiro atoms. The predicted molar refractivity (Wildman–Crippen MR) is 421 cm³/mol. The Kier molecular flexibility index (Phi) is 70.5. The van der Waals surface area contributed by atoms with Gasteiger partial charge in [-0.1, -0.05) is 190 Å². The lowest BCUT2D eigenvalue weighted by atomic mass is 9.60. The molecule has 14 nitrogen and oxygen atoms in total. The second-order valence-corrected chi connectivity index (χ2v) is 41.4. The van der Waals surface area contributed by atoms with E-state index in [1.165, 1.54) is 0 Å². The van der Waals surface area contributed by atoms with Crippen molar-refractivity contribution in [3.63, 3.8) is 0 Å². The summed E-state index contributed by atoms with van der Waals surface area (Å²) in [7, 11) is -7.73. The third-order valence-electron chi connectivity index (χ3n) is 14.6. The Morgan fingerprint density at radius 3 is 0.854 bits per heavy atom. The van der Waals surface area contributed by atoms with Crippen molar-refractivity contribution in [2.24, 2.45) is 33.5 Å². The highest BCUT2D eigenvalue weighted by molar-refractivity contribution is 6.87. The Morgan fingerprint density at radius 2 is 0.618 bits per heavy atom. The lowest BCUT2D eigenvalue weighted by Crippen LogP contribution is -2.63. The largest absolute Gasteiger partial charge is 0.466 e. The third kappa shape index (κ3) is 46.7. The number of hydrogen-bond acceptors (Lipinski definition) is 10. The molecule has 0 radical (unpaired) electrons. The Morgan fingerprint density at radius 1 is 0.382 bits per heavy atom. The Labute approximate surface area is 570 Å². The molecule has 2 heterocycles. The molecule has 2 saturated heterocycles. The van der Waals surface area contributed by atoms with E-state index in [0.29, 0.717) is 25.9 Å². The van der Waals surface area contributed by atoms with Gasteiger partial charge in [-0.15, -0.1) is 0 Å². The van der Waals surface area contributed by atoms with Crippen LogP contribution in [0.1, 0.15) is 323 Å². The van der Waals surface area contributed by atoms with Crippen molar-refractivity contribution in [1.82, 2.24) is 31.9 Å². The van der Waals surface area contributed by atoms with E-state index in [9.17, 15) is 19.2 Å².